The first-order valence-corrected chi connectivity index (χ1v) is 5.78. The van der Waals surface area contributed by atoms with Crippen molar-refractivity contribution in [2.45, 2.75) is 26.9 Å². The summed E-state index contributed by atoms with van der Waals surface area (Å²) >= 11 is 1.78. The van der Waals surface area contributed by atoms with E-state index in [1.807, 2.05) is 19.3 Å². The first-order chi connectivity index (χ1) is 7.20. The van der Waals surface area contributed by atoms with E-state index < -0.39 is 0 Å². The molecule has 0 saturated carbocycles. The summed E-state index contributed by atoms with van der Waals surface area (Å²) in [7, 11) is 0. The third-order valence-electron chi connectivity index (χ3n) is 2.54. The van der Waals surface area contributed by atoms with E-state index in [2.05, 4.69) is 22.5 Å². The molecule has 4 heteroatoms. The van der Waals surface area contributed by atoms with Gasteiger partial charge < -0.3 is 10.3 Å². The molecule has 0 amide bonds. The first kappa shape index (κ1) is 10.4. The second-order valence-electron chi connectivity index (χ2n) is 3.60. The van der Waals surface area contributed by atoms with Gasteiger partial charge in [0, 0.05) is 35.2 Å². The number of nitrogens with two attached hydrogens (primary N) is 1. The summed E-state index contributed by atoms with van der Waals surface area (Å²) in [6.07, 6.45) is 3.84. The van der Waals surface area contributed by atoms with E-state index in [0.717, 1.165) is 12.4 Å². The number of thiophene rings is 1. The molecule has 2 aromatic rings. The molecule has 0 fully saturated rings. The van der Waals surface area contributed by atoms with Crippen LogP contribution in [0.5, 0.6) is 0 Å². The Bertz CT molecular complexity index is 456. The average Bonchev–Trinajstić information content (AvgIpc) is 2.76. The molecule has 0 radical (unpaired) electrons. The molecule has 15 heavy (non-hydrogen) atoms. The molecule has 0 saturated heterocycles. The molecule has 0 aliphatic heterocycles. The minimum Gasteiger partial charge on any atom is -0.331 e. The maximum Gasteiger partial charge on any atom is 0.105 e. The molecule has 0 aliphatic carbocycles. The normalized spacial score (nSPS) is 10.9. The Morgan fingerprint density at radius 2 is 2.27 bits per heavy atom. The Labute approximate surface area is 93.6 Å². The van der Waals surface area contributed by atoms with Crippen LogP contribution in [0.1, 0.15) is 21.1 Å². The van der Waals surface area contributed by atoms with Crippen LogP contribution in [0.15, 0.2) is 18.5 Å². The molecule has 0 spiro atoms. The Kier molecular flexibility index (Phi) is 2.88. The Morgan fingerprint density at radius 1 is 1.47 bits per heavy atom. The van der Waals surface area contributed by atoms with Crippen LogP contribution in [-0.2, 0) is 13.1 Å². The zero-order valence-electron chi connectivity index (χ0n) is 9.03. The molecule has 0 bridgehead atoms. The maximum absolute atomic E-state index is 5.63. The molecule has 0 aliphatic rings. The van der Waals surface area contributed by atoms with E-state index in [-0.39, 0.29) is 0 Å². The van der Waals surface area contributed by atoms with E-state index in [1.54, 1.807) is 11.3 Å². The highest BCUT2D eigenvalue weighted by Crippen LogP contribution is 2.22. The Morgan fingerprint density at radius 3 is 2.80 bits per heavy atom. The number of hydrogen-bond acceptors (Lipinski definition) is 3. The molecule has 3 nitrogen and oxygen atoms in total. The number of aromatic nitrogens is 2. The van der Waals surface area contributed by atoms with Crippen molar-refractivity contribution in [3.63, 3.8) is 0 Å². The zero-order valence-corrected chi connectivity index (χ0v) is 9.84. The minimum atomic E-state index is 0.633. The minimum absolute atomic E-state index is 0.633. The molecule has 80 valence electrons. The highest BCUT2D eigenvalue weighted by atomic mass is 32.1. The fourth-order valence-electron chi connectivity index (χ4n) is 1.60. The molecular formula is C11H15N3S. The van der Waals surface area contributed by atoms with Crippen molar-refractivity contribution in [1.82, 2.24) is 9.55 Å². The van der Waals surface area contributed by atoms with Crippen molar-refractivity contribution >= 4 is 11.3 Å². The van der Waals surface area contributed by atoms with Gasteiger partial charge >= 0.3 is 0 Å². The molecule has 2 aromatic heterocycles. The molecule has 2 heterocycles. The van der Waals surface area contributed by atoms with Gasteiger partial charge in [0.25, 0.3) is 0 Å². The van der Waals surface area contributed by atoms with Crippen LogP contribution in [0.3, 0.4) is 0 Å². The van der Waals surface area contributed by atoms with Gasteiger partial charge in [-0.2, -0.15) is 0 Å². The lowest BCUT2D eigenvalue weighted by atomic mass is 10.2. The van der Waals surface area contributed by atoms with E-state index in [9.17, 15) is 0 Å². The standard InChI is InChI=1S/C11H15N3S/c1-8-10(5-11(6-12)15-8)7-14-4-3-13-9(14)2/h3-5H,6-7,12H2,1-2H3. The van der Waals surface area contributed by atoms with Gasteiger partial charge in [0.2, 0.25) is 0 Å². The van der Waals surface area contributed by atoms with Crippen LogP contribution in [0.4, 0.5) is 0 Å². The van der Waals surface area contributed by atoms with Crippen molar-refractivity contribution in [3.8, 4) is 0 Å². The lowest BCUT2D eigenvalue weighted by Gasteiger charge is -2.03. The lowest BCUT2D eigenvalue weighted by Crippen LogP contribution is -2.00. The van der Waals surface area contributed by atoms with Gasteiger partial charge in [0.15, 0.2) is 0 Å². The smallest absolute Gasteiger partial charge is 0.105 e. The van der Waals surface area contributed by atoms with Gasteiger partial charge in [0.05, 0.1) is 0 Å². The molecule has 0 aromatic carbocycles. The van der Waals surface area contributed by atoms with Gasteiger partial charge in [0.1, 0.15) is 5.82 Å². The third-order valence-corrected chi connectivity index (χ3v) is 3.65. The van der Waals surface area contributed by atoms with Gasteiger partial charge in [-0.3, -0.25) is 0 Å². The second kappa shape index (κ2) is 4.16. The zero-order chi connectivity index (χ0) is 10.8. The highest BCUT2D eigenvalue weighted by molar-refractivity contribution is 7.12. The summed E-state index contributed by atoms with van der Waals surface area (Å²) in [6, 6.07) is 2.19. The number of imidazole rings is 1. The number of hydrogen-bond donors (Lipinski definition) is 1. The van der Waals surface area contributed by atoms with Crippen LogP contribution in [-0.4, -0.2) is 9.55 Å². The molecule has 0 atom stereocenters. The topological polar surface area (TPSA) is 43.8 Å². The summed E-state index contributed by atoms with van der Waals surface area (Å²) < 4.78 is 2.15. The Balaban J connectivity index is 2.24. The summed E-state index contributed by atoms with van der Waals surface area (Å²) in [5.74, 6) is 1.05. The molecule has 2 N–H and O–H groups in total. The summed E-state index contributed by atoms with van der Waals surface area (Å²) in [4.78, 5) is 6.81. The molecule has 0 unspecified atom stereocenters. The van der Waals surface area contributed by atoms with Crippen molar-refractivity contribution < 1.29 is 0 Å². The van der Waals surface area contributed by atoms with Crippen molar-refractivity contribution in [3.05, 3.63) is 39.6 Å². The van der Waals surface area contributed by atoms with Crippen molar-refractivity contribution in [1.29, 1.82) is 0 Å². The Hall–Kier alpha value is -1.13. The predicted octanol–water partition coefficient (Wildman–Crippen LogP) is 2.07. The first-order valence-electron chi connectivity index (χ1n) is 4.96. The van der Waals surface area contributed by atoms with E-state index in [0.29, 0.717) is 6.54 Å². The largest absolute Gasteiger partial charge is 0.331 e. The van der Waals surface area contributed by atoms with Crippen molar-refractivity contribution in [2.75, 3.05) is 0 Å². The van der Waals surface area contributed by atoms with E-state index in [1.165, 1.54) is 15.3 Å². The van der Waals surface area contributed by atoms with Crippen LogP contribution in [0, 0.1) is 13.8 Å². The van der Waals surface area contributed by atoms with Crippen LogP contribution in [0.2, 0.25) is 0 Å². The monoisotopic (exact) mass is 221 g/mol. The number of aryl methyl sites for hydroxylation is 2. The summed E-state index contributed by atoms with van der Waals surface area (Å²) in [6.45, 7) is 5.69. The fraction of sp³-hybridized carbons (Fsp3) is 0.364. The summed E-state index contributed by atoms with van der Waals surface area (Å²) in [5, 5.41) is 0. The molecule has 2 rings (SSSR count). The number of nitrogens with zero attached hydrogens (tertiary/aromatic N) is 2. The van der Waals surface area contributed by atoms with Crippen molar-refractivity contribution in [2.24, 2.45) is 5.73 Å². The quantitative estimate of drug-likeness (QED) is 0.862. The summed E-state index contributed by atoms with van der Waals surface area (Å²) in [5.41, 5.74) is 6.98. The fourth-order valence-corrected chi connectivity index (χ4v) is 2.53. The average molecular weight is 221 g/mol. The van der Waals surface area contributed by atoms with Crippen LogP contribution in [0.25, 0.3) is 0 Å². The van der Waals surface area contributed by atoms with Gasteiger partial charge in [-0.15, -0.1) is 11.3 Å². The van der Waals surface area contributed by atoms with E-state index >= 15 is 0 Å². The number of rotatable bonds is 3. The van der Waals surface area contributed by atoms with E-state index in [4.69, 9.17) is 5.73 Å². The third kappa shape index (κ3) is 2.11. The predicted molar refractivity (Wildman–Crippen MR) is 63.0 cm³/mol. The molecular weight excluding hydrogens is 206 g/mol. The van der Waals surface area contributed by atoms with Gasteiger partial charge in [-0.1, -0.05) is 0 Å². The van der Waals surface area contributed by atoms with Crippen LogP contribution >= 0.6 is 11.3 Å². The highest BCUT2D eigenvalue weighted by Gasteiger charge is 2.06. The second-order valence-corrected chi connectivity index (χ2v) is 4.94. The van der Waals surface area contributed by atoms with Gasteiger partial charge in [-0.05, 0) is 25.5 Å². The van der Waals surface area contributed by atoms with Gasteiger partial charge in [-0.25, -0.2) is 4.98 Å². The van der Waals surface area contributed by atoms with Crippen LogP contribution < -0.4 is 5.73 Å². The SMILES string of the molecule is Cc1sc(CN)cc1Cn1ccnc1C. The maximum atomic E-state index is 5.63. The lowest BCUT2D eigenvalue weighted by molar-refractivity contribution is 0.760.